The highest BCUT2D eigenvalue weighted by Gasteiger charge is 2.15. The van der Waals surface area contributed by atoms with Gasteiger partial charge in [-0.3, -0.25) is 14.3 Å². The highest BCUT2D eigenvalue weighted by Crippen LogP contribution is 2.26. The lowest BCUT2D eigenvalue weighted by Gasteiger charge is -2.17. The van der Waals surface area contributed by atoms with Crippen molar-refractivity contribution >= 4 is 23.3 Å². The molecule has 3 rings (SSSR count). The number of fused-ring (bicyclic) bond motifs is 1. The number of hydrogen-bond donors (Lipinski definition) is 2. The van der Waals surface area contributed by atoms with Crippen LogP contribution in [-0.4, -0.2) is 28.2 Å². The van der Waals surface area contributed by atoms with Crippen LogP contribution >= 0.6 is 0 Å². The van der Waals surface area contributed by atoms with E-state index < -0.39 is 0 Å². The van der Waals surface area contributed by atoms with E-state index >= 15 is 0 Å². The monoisotopic (exact) mass is 300 g/mol. The third-order valence-corrected chi connectivity index (χ3v) is 3.32. The van der Waals surface area contributed by atoms with Gasteiger partial charge in [-0.25, -0.2) is 0 Å². The predicted octanol–water partition coefficient (Wildman–Crippen LogP) is 1.32. The quantitative estimate of drug-likeness (QED) is 0.892. The van der Waals surface area contributed by atoms with Crippen molar-refractivity contribution in [3.8, 4) is 5.75 Å². The van der Waals surface area contributed by atoms with Gasteiger partial charge >= 0.3 is 0 Å². The molecule has 0 bridgehead atoms. The van der Waals surface area contributed by atoms with E-state index in [9.17, 15) is 9.59 Å². The molecule has 2 amide bonds. The van der Waals surface area contributed by atoms with Gasteiger partial charge in [-0.05, 0) is 30.2 Å². The normalized spacial score (nSPS) is 13.2. The molecule has 7 heteroatoms. The number of nitrogens with one attached hydrogen (secondary N) is 2. The summed E-state index contributed by atoms with van der Waals surface area (Å²) in [6.07, 6.45) is 2.89. The van der Waals surface area contributed by atoms with Gasteiger partial charge in [0.15, 0.2) is 12.4 Å². The van der Waals surface area contributed by atoms with Gasteiger partial charge in [0.1, 0.15) is 5.75 Å². The molecule has 1 aliphatic heterocycles. The first kappa shape index (κ1) is 14.1. The highest BCUT2D eigenvalue weighted by atomic mass is 16.5. The van der Waals surface area contributed by atoms with Gasteiger partial charge in [-0.2, -0.15) is 5.10 Å². The van der Waals surface area contributed by atoms with Crippen LogP contribution in [0, 0.1) is 0 Å². The van der Waals surface area contributed by atoms with Crippen molar-refractivity contribution in [3.05, 3.63) is 36.0 Å². The first-order valence-corrected chi connectivity index (χ1v) is 6.95. The van der Waals surface area contributed by atoms with Crippen molar-refractivity contribution in [2.24, 2.45) is 7.05 Å². The number of carbonyl (C=O) groups is 2. The van der Waals surface area contributed by atoms with Gasteiger partial charge in [-0.15, -0.1) is 0 Å². The summed E-state index contributed by atoms with van der Waals surface area (Å²) in [5.74, 6) is 0.843. The lowest BCUT2D eigenvalue weighted by atomic mass is 10.0. The van der Waals surface area contributed by atoms with Crippen LogP contribution in [0.4, 0.5) is 11.5 Å². The second-order valence-corrected chi connectivity index (χ2v) is 5.08. The second kappa shape index (κ2) is 5.88. The van der Waals surface area contributed by atoms with Gasteiger partial charge < -0.3 is 15.4 Å². The number of hydrogen-bond acceptors (Lipinski definition) is 4. The summed E-state index contributed by atoms with van der Waals surface area (Å²) in [5, 5.41) is 9.51. The Morgan fingerprint density at radius 3 is 3.05 bits per heavy atom. The van der Waals surface area contributed by atoms with Crippen LogP contribution in [0.2, 0.25) is 0 Å². The minimum absolute atomic E-state index is 0.0240. The molecule has 2 aromatic rings. The molecule has 0 unspecified atom stereocenters. The third kappa shape index (κ3) is 3.25. The molecular formula is C15H16N4O3. The molecule has 1 aliphatic rings. The smallest absolute Gasteiger partial charge is 0.263 e. The van der Waals surface area contributed by atoms with Crippen LogP contribution in [0.1, 0.15) is 12.0 Å². The Bertz CT molecular complexity index is 723. The Morgan fingerprint density at radius 1 is 1.41 bits per heavy atom. The number of benzene rings is 1. The summed E-state index contributed by atoms with van der Waals surface area (Å²) >= 11 is 0. The van der Waals surface area contributed by atoms with Crippen molar-refractivity contribution in [2.45, 2.75) is 12.8 Å². The Hall–Kier alpha value is -2.83. The van der Waals surface area contributed by atoms with Gasteiger partial charge in [0, 0.05) is 31.4 Å². The number of amides is 2. The van der Waals surface area contributed by atoms with E-state index in [0.29, 0.717) is 24.4 Å². The van der Waals surface area contributed by atoms with E-state index in [0.717, 1.165) is 11.3 Å². The van der Waals surface area contributed by atoms with E-state index in [1.807, 2.05) is 6.07 Å². The SMILES string of the molecule is Cn1ccc(NC(=O)COc2ccc3c(c2)CCC(=O)N3)n1. The fraction of sp³-hybridized carbons (Fsp3) is 0.267. The van der Waals surface area contributed by atoms with Crippen molar-refractivity contribution in [3.63, 3.8) is 0 Å². The molecule has 0 atom stereocenters. The van der Waals surface area contributed by atoms with Crippen LogP contribution in [0.5, 0.6) is 5.75 Å². The Morgan fingerprint density at radius 2 is 2.27 bits per heavy atom. The first-order chi connectivity index (χ1) is 10.6. The molecular weight excluding hydrogens is 284 g/mol. The molecule has 0 spiro atoms. The van der Waals surface area contributed by atoms with Gasteiger partial charge in [-0.1, -0.05) is 0 Å². The fourth-order valence-corrected chi connectivity index (χ4v) is 2.26. The first-order valence-electron chi connectivity index (χ1n) is 6.95. The minimum Gasteiger partial charge on any atom is -0.484 e. The van der Waals surface area contributed by atoms with Crippen LogP contribution < -0.4 is 15.4 Å². The largest absolute Gasteiger partial charge is 0.484 e. The highest BCUT2D eigenvalue weighted by molar-refractivity contribution is 5.94. The summed E-state index contributed by atoms with van der Waals surface area (Å²) in [5.41, 5.74) is 1.82. The maximum atomic E-state index is 11.8. The summed E-state index contributed by atoms with van der Waals surface area (Å²) in [7, 11) is 1.78. The Balaban J connectivity index is 1.57. The lowest BCUT2D eigenvalue weighted by molar-refractivity contribution is -0.118. The lowest BCUT2D eigenvalue weighted by Crippen LogP contribution is -2.21. The summed E-state index contributed by atoms with van der Waals surface area (Å²) in [6.45, 7) is -0.0955. The molecule has 1 aromatic carbocycles. The number of ether oxygens (including phenoxy) is 1. The van der Waals surface area contributed by atoms with Crippen molar-refractivity contribution in [2.75, 3.05) is 17.2 Å². The molecule has 0 radical (unpaired) electrons. The third-order valence-electron chi connectivity index (χ3n) is 3.32. The molecule has 114 valence electrons. The van der Waals surface area contributed by atoms with E-state index in [-0.39, 0.29) is 18.4 Å². The number of anilines is 2. The standard InChI is InChI=1S/C15H16N4O3/c1-19-7-6-13(18-19)17-15(21)9-22-11-3-4-12-10(8-11)2-5-14(20)16-12/h3-4,6-8H,2,5,9H2,1H3,(H,16,20)(H,17,18,21). The summed E-state index contributed by atoms with van der Waals surface area (Å²) in [4.78, 5) is 23.1. The molecule has 0 saturated carbocycles. The predicted molar refractivity (Wildman–Crippen MR) is 80.7 cm³/mol. The van der Waals surface area contributed by atoms with E-state index in [1.165, 1.54) is 0 Å². The second-order valence-electron chi connectivity index (χ2n) is 5.08. The molecule has 2 N–H and O–H groups in total. The Labute approximate surface area is 127 Å². The van der Waals surface area contributed by atoms with E-state index in [4.69, 9.17) is 4.74 Å². The van der Waals surface area contributed by atoms with Gasteiger partial charge in [0.25, 0.3) is 5.91 Å². The summed E-state index contributed by atoms with van der Waals surface area (Å²) < 4.78 is 7.09. The molecule has 0 aliphatic carbocycles. The van der Waals surface area contributed by atoms with Crippen LogP contribution in [0.3, 0.4) is 0 Å². The van der Waals surface area contributed by atoms with Crippen LogP contribution in [-0.2, 0) is 23.1 Å². The van der Waals surface area contributed by atoms with Crippen LogP contribution in [0.25, 0.3) is 0 Å². The number of nitrogens with zero attached hydrogens (tertiary/aromatic N) is 2. The summed E-state index contributed by atoms with van der Waals surface area (Å²) in [6, 6.07) is 7.08. The molecule has 1 aromatic heterocycles. The van der Waals surface area contributed by atoms with Crippen molar-refractivity contribution in [1.82, 2.24) is 9.78 Å². The zero-order chi connectivity index (χ0) is 15.5. The number of carbonyl (C=O) groups excluding carboxylic acids is 2. The van der Waals surface area contributed by atoms with E-state index in [1.54, 1.807) is 36.1 Å². The molecule has 0 saturated heterocycles. The number of rotatable bonds is 4. The zero-order valence-electron chi connectivity index (χ0n) is 12.1. The average molecular weight is 300 g/mol. The number of aryl methyl sites for hydroxylation is 2. The van der Waals surface area contributed by atoms with Crippen molar-refractivity contribution in [1.29, 1.82) is 0 Å². The Kier molecular flexibility index (Phi) is 3.78. The minimum atomic E-state index is -0.273. The number of aromatic nitrogens is 2. The van der Waals surface area contributed by atoms with Gasteiger partial charge in [0.05, 0.1) is 0 Å². The van der Waals surface area contributed by atoms with Gasteiger partial charge in [0.2, 0.25) is 5.91 Å². The molecule has 2 heterocycles. The van der Waals surface area contributed by atoms with E-state index in [2.05, 4.69) is 15.7 Å². The van der Waals surface area contributed by atoms with Crippen LogP contribution in [0.15, 0.2) is 30.5 Å². The molecule has 7 nitrogen and oxygen atoms in total. The average Bonchev–Trinajstić information content (AvgIpc) is 2.90. The maximum absolute atomic E-state index is 11.8. The maximum Gasteiger partial charge on any atom is 0.263 e. The molecule has 22 heavy (non-hydrogen) atoms. The zero-order valence-corrected chi connectivity index (χ0v) is 12.1. The topological polar surface area (TPSA) is 85.2 Å². The molecule has 0 fully saturated rings. The van der Waals surface area contributed by atoms with Crippen molar-refractivity contribution < 1.29 is 14.3 Å². The fourth-order valence-electron chi connectivity index (χ4n) is 2.26.